The van der Waals surface area contributed by atoms with Gasteiger partial charge in [-0.25, -0.2) is 9.18 Å². The van der Waals surface area contributed by atoms with Crippen LogP contribution >= 0.6 is 0 Å². The molecule has 1 aliphatic heterocycles. The summed E-state index contributed by atoms with van der Waals surface area (Å²) in [4.78, 5) is 15.0. The van der Waals surface area contributed by atoms with Crippen molar-refractivity contribution in [2.45, 2.75) is 32.0 Å². The van der Waals surface area contributed by atoms with Crippen molar-refractivity contribution in [3.05, 3.63) is 28.8 Å². The number of carbonyl (C=O) groups is 1. The summed E-state index contributed by atoms with van der Waals surface area (Å²) in [5.74, 6) is 0.0657. The summed E-state index contributed by atoms with van der Waals surface area (Å²) in [5.41, 5.74) is 2.68. The number of halogens is 1. The Morgan fingerprint density at radius 2 is 2.32 bits per heavy atom. The maximum atomic E-state index is 13.8. The highest BCUT2D eigenvalue weighted by Gasteiger charge is 2.30. The van der Waals surface area contributed by atoms with Crippen LogP contribution in [0.4, 0.5) is 9.18 Å². The summed E-state index contributed by atoms with van der Waals surface area (Å²) < 4.78 is 18.7. The molecule has 0 radical (unpaired) electrons. The smallest absolute Gasteiger partial charge is 0.407 e. The van der Waals surface area contributed by atoms with E-state index in [-0.39, 0.29) is 5.82 Å². The Hall–Kier alpha value is -1.73. The molecule has 22 heavy (non-hydrogen) atoms. The van der Waals surface area contributed by atoms with E-state index in [0.717, 1.165) is 23.2 Å². The first-order valence-electron chi connectivity index (χ1n) is 7.50. The highest BCUT2D eigenvalue weighted by atomic mass is 19.1. The Morgan fingerprint density at radius 1 is 1.55 bits per heavy atom. The molecule has 120 valence electrons. The number of rotatable bonds is 5. The molecule has 2 unspecified atom stereocenters. The molecule has 3 atom stereocenters. The van der Waals surface area contributed by atoms with Gasteiger partial charge in [0.2, 0.25) is 0 Å². The van der Waals surface area contributed by atoms with Crippen LogP contribution in [0.5, 0.6) is 0 Å². The van der Waals surface area contributed by atoms with Crippen LogP contribution < -0.4 is 10.6 Å². The molecule has 1 aromatic rings. The Morgan fingerprint density at radius 3 is 3.00 bits per heavy atom. The molecule has 0 saturated carbocycles. The van der Waals surface area contributed by atoms with Crippen LogP contribution in [0.2, 0.25) is 0 Å². The molecule has 3 rings (SSSR count). The normalized spacial score (nSPS) is 24.8. The first-order valence-corrected chi connectivity index (χ1v) is 7.50. The number of hydrogen-bond donors (Lipinski definition) is 3. The van der Waals surface area contributed by atoms with Crippen molar-refractivity contribution in [3.8, 4) is 0 Å². The molecule has 1 amide bonds. The third-order valence-electron chi connectivity index (χ3n) is 4.37. The van der Waals surface area contributed by atoms with Crippen LogP contribution in [0, 0.1) is 18.7 Å². The van der Waals surface area contributed by atoms with Gasteiger partial charge in [0.1, 0.15) is 18.0 Å². The van der Waals surface area contributed by atoms with Crippen LogP contribution in [0.1, 0.15) is 16.8 Å². The third-order valence-corrected chi connectivity index (χ3v) is 4.37. The lowest BCUT2D eigenvalue weighted by atomic mass is 10.1. The lowest BCUT2D eigenvalue weighted by Crippen LogP contribution is -2.39. The van der Waals surface area contributed by atoms with Crippen LogP contribution in [0.3, 0.4) is 0 Å². The topological polar surface area (TPSA) is 83.5 Å². The summed E-state index contributed by atoms with van der Waals surface area (Å²) in [6.07, 6.45) is 1.03. The van der Waals surface area contributed by atoms with Gasteiger partial charge in [0.15, 0.2) is 0 Å². The number of ether oxygens (including phenoxy) is 1. The summed E-state index contributed by atoms with van der Waals surface area (Å²) in [6, 6.07) is 0. The second-order valence-corrected chi connectivity index (χ2v) is 5.97. The zero-order valence-corrected chi connectivity index (χ0v) is 12.4. The Labute approximate surface area is 128 Å². The monoisotopic (exact) mass is 309 g/mol. The van der Waals surface area contributed by atoms with Gasteiger partial charge in [0, 0.05) is 12.2 Å². The van der Waals surface area contributed by atoms with Gasteiger partial charge in [-0.2, -0.15) is 0 Å². The average molecular weight is 309 g/mol. The van der Waals surface area contributed by atoms with E-state index < -0.39 is 18.3 Å². The Bertz CT molecular complexity index is 550. The lowest BCUT2D eigenvalue weighted by Gasteiger charge is -2.18. The number of nitrogens with zero attached hydrogens (tertiary/aromatic N) is 1. The maximum Gasteiger partial charge on any atom is 0.407 e. The minimum Gasteiger partial charge on any atom is -0.442 e. The van der Waals surface area contributed by atoms with E-state index >= 15 is 0 Å². The predicted molar refractivity (Wildman–Crippen MR) is 77.0 cm³/mol. The summed E-state index contributed by atoms with van der Waals surface area (Å²) >= 11 is 0. The molecule has 7 heteroatoms. The van der Waals surface area contributed by atoms with Crippen molar-refractivity contribution in [3.63, 3.8) is 0 Å². The van der Waals surface area contributed by atoms with Gasteiger partial charge in [-0.3, -0.25) is 4.98 Å². The van der Waals surface area contributed by atoms with E-state index in [1.165, 1.54) is 6.20 Å². The van der Waals surface area contributed by atoms with Gasteiger partial charge in [-0.15, -0.1) is 0 Å². The molecule has 0 aromatic carbocycles. The predicted octanol–water partition coefficient (Wildman–Crippen LogP) is 0.303. The number of aryl methyl sites for hydroxylation is 1. The van der Waals surface area contributed by atoms with E-state index in [1.54, 1.807) is 0 Å². The summed E-state index contributed by atoms with van der Waals surface area (Å²) in [5, 5.41) is 15.6. The largest absolute Gasteiger partial charge is 0.442 e. The molecular weight excluding hydrogens is 289 g/mol. The standard InChI is InChI=1S/C15H20FN3O3/c1-8-10-2-9(3-11(10)12(16)5-18-8)4-17-6-13(20)14-7-19-15(21)22-14/h5,9,13-14,17,20H,2-4,6-7H2,1H3,(H,19,21)/t9?,13?,14-/m1/s1. The second kappa shape index (κ2) is 6.18. The van der Waals surface area contributed by atoms with Crippen molar-refractivity contribution in [1.29, 1.82) is 0 Å². The van der Waals surface area contributed by atoms with Gasteiger partial charge in [-0.1, -0.05) is 0 Å². The number of fused-ring (bicyclic) bond motifs is 1. The molecule has 1 fully saturated rings. The van der Waals surface area contributed by atoms with Gasteiger partial charge < -0.3 is 20.5 Å². The third kappa shape index (κ3) is 3.05. The minimum atomic E-state index is -0.747. The minimum absolute atomic E-state index is 0.230. The fourth-order valence-corrected chi connectivity index (χ4v) is 3.14. The maximum absolute atomic E-state index is 13.8. The van der Waals surface area contributed by atoms with Crippen molar-refractivity contribution in [2.24, 2.45) is 5.92 Å². The molecule has 1 aliphatic carbocycles. The van der Waals surface area contributed by atoms with E-state index in [2.05, 4.69) is 15.6 Å². The van der Waals surface area contributed by atoms with Crippen LogP contribution in [-0.2, 0) is 17.6 Å². The van der Waals surface area contributed by atoms with Crippen molar-refractivity contribution < 1.29 is 19.0 Å². The SMILES string of the molecule is Cc1ncc(F)c2c1CC(CNCC(O)[C@H]1CNC(=O)O1)C2. The van der Waals surface area contributed by atoms with Crippen LogP contribution in [-0.4, -0.2) is 48.0 Å². The Kier molecular flexibility index (Phi) is 4.26. The van der Waals surface area contributed by atoms with E-state index in [1.807, 2.05) is 6.92 Å². The molecule has 3 N–H and O–H groups in total. The highest BCUT2D eigenvalue weighted by molar-refractivity contribution is 5.69. The summed E-state index contributed by atoms with van der Waals surface area (Å²) in [7, 11) is 0. The highest BCUT2D eigenvalue weighted by Crippen LogP contribution is 2.29. The zero-order chi connectivity index (χ0) is 15.7. The number of carbonyl (C=O) groups excluding carboxylic acids is 1. The second-order valence-electron chi connectivity index (χ2n) is 5.97. The number of aliphatic hydroxyl groups excluding tert-OH is 1. The Balaban J connectivity index is 1.47. The molecular formula is C15H20FN3O3. The number of pyridine rings is 1. The van der Waals surface area contributed by atoms with Crippen molar-refractivity contribution in [1.82, 2.24) is 15.6 Å². The number of aliphatic hydroxyl groups is 1. The van der Waals surface area contributed by atoms with E-state index in [9.17, 15) is 14.3 Å². The molecule has 0 bridgehead atoms. The number of cyclic esters (lactones) is 1. The fourth-order valence-electron chi connectivity index (χ4n) is 3.14. The van der Waals surface area contributed by atoms with Crippen molar-refractivity contribution >= 4 is 6.09 Å². The molecule has 0 spiro atoms. The first kappa shape index (κ1) is 15.2. The van der Waals surface area contributed by atoms with E-state index in [4.69, 9.17) is 4.74 Å². The molecule has 6 nitrogen and oxygen atoms in total. The lowest BCUT2D eigenvalue weighted by molar-refractivity contribution is 0.0327. The quantitative estimate of drug-likeness (QED) is 0.729. The number of nitrogens with one attached hydrogen (secondary N) is 2. The fraction of sp³-hybridized carbons (Fsp3) is 0.600. The number of aromatic nitrogens is 1. The molecule has 1 saturated heterocycles. The molecule has 1 aromatic heterocycles. The zero-order valence-electron chi connectivity index (χ0n) is 12.4. The van der Waals surface area contributed by atoms with Crippen molar-refractivity contribution in [2.75, 3.05) is 19.6 Å². The number of hydrogen-bond acceptors (Lipinski definition) is 5. The number of amides is 1. The molecule has 2 heterocycles. The van der Waals surface area contributed by atoms with Gasteiger partial charge in [0.25, 0.3) is 0 Å². The van der Waals surface area contributed by atoms with Crippen LogP contribution in [0.25, 0.3) is 0 Å². The van der Waals surface area contributed by atoms with E-state index in [0.29, 0.717) is 32.0 Å². The summed E-state index contributed by atoms with van der Waals surface area (Å²) in [6.45, 7) is 3.25. The first-order chi connectivity index (χ1) is 10.5. The van der Waals surface area contributed by atoms with Gasteiger partial charge in [-0.05, 0) is 43.4 Å². The number of alkyl carbamates (subject to hydrolysis) is 1. The van der Waals surface area contributed by atoms with Crippen LogP contribution in [0.15, 0.2) is 6.20 Å². The molecule has 2 aliphatic rings. The van der Waals surface area contributed by atoms with Gasteiger partial charge >= 0.3 is 6.09 Å². The average Bonchev–Trinajstić information content (AvgIpc) is 3.10. The van der Waals surface area contributed by atoms with Gasteiger partial charge in [0.05, 0.1) is 12.7 Å².